The zero-order valence-electron chi connectivity index (χ0n) is 10.3. The third-order valence-electron chi connectivity index (χ3n) is 4.23. The first-order valence-corrected chi connectivity index (χ1v) is 6.69. The van der Waals surface area contributed by atoms with Crippen LogP contribution in [0.5, 0.6) is 0 Å². The van der Waals surface area contributed by atoms with E-state index in [0.29, 0.717) is 0 Å². The Morgan fingerprint density at radius 1 is 1.20 bits per heavy atom. The summed E-state index contributed by atoms with van der Waals surface area (Å²) in [7, 11) is 0. The second-order valence-electron chi connectivity index (χ2n) is 5.75. The van der Waals surface area contributed by atoms with Crippen molar-refractivity contribution in [1.82, 2.24) is 10.2 Å². The second kappa shape index (κ2) is 5.31. The van der Waals surface area contributed by atoms with E-state index in [4.69, 9.17) is 0 Å². The minimum atomic E-state index is 0.878. The van der Waals surface area contributed by atoms with Gasteiger partial charge in [-0.1, -0.05) is 13.8 Å². The van der Waals surface area contributed by atoms with Crippen molar-refractivity contribution in [2.45, 2.75) is 33.1 Å². The van der Waals surface area contributed by atoms with Crippen molar-refractivity contribution in [2.75, 3.05) is 32.7 Å². The largest absolute Gasteiger partial charge is 0.317 e. The van der Waals surface area contributed by atoms with E-state index in [1.54, 1.807) is 0 Å². The van der Waals surface area contributed by atoms with E-state index in [2.05, 4.69) is 24.1 Å². The lowest BCUT2D eigenvalue weighted by Gasteiger charge is -2.27. The van der Waals surface area contributed by atoms with Crippen LogP contribution in [-0.2, 0) is 0 Å². The maximum Gasteiger partial charge on any atom is 0.00127 e. The van der Waals surface area contributed by atoms with E-state index < -0.39 is 0 Å². The SMILES string of the molecule is CC(C)[C@H]1CCN(CC2CCNCC2)C1. The monoisotopic (exact) mass is 210 g/mol. The third-order valence-corrected chi connectivity index (χ3v) is 4.23. The van der Waals surface area contributed by atoms with Crippen LogP contribution in [0, 0.1) is 17.8 Å². The molecule has 0 bridgehead atoms. The first-order valence-electron chi connectivity index (χ1n) is 6.69. The number of piperidine rings is 1. The summed E-state index contributed by atoms with van der Waals surface area (Å²) in [6, 6.07) is 0. The number of likely N-dealkylation sites (tertiary alicyclic amines) is 1. The second-order valence-corrected chi connectivity index (χ2v) is 5.75. The predicted octanol–water partition coefficient (Wildman–Crippen LogP) is 1.96. The molecule has 2 heteroatoms. The van der Waals surface area contributed by atoms with Crippen LogP contribution in [0.4, 0.5) is 0 Å². The molecule has 2 aliphatic heterocycles. The zero-order chi connectivity index (χ0) is 10.7. The van der Waals surface area contributed by atoms with Crippen LogP contribution in [0.2, 0.25) is 0 Å². The highest BCUT2D eigenvalue weighted by molar-refractivity contribution is 4.80. The van der Waals surface area contributed by atoms with Crippen LogP contribution in [-0.4, -0.2) is 37.6 Å². The number of hydrogen-bond acceptors (Lipinski definition) is 2. The van der Waals surface area contributed by atoms with Crippen LogP contribution in [0.25, 0.3) is 0 Å². The maximum atomic E-state index is 3.45. The summed E-state index contributed by atoms with van der Waals surface area (Å²) in [5.41, 5.74) is 0. The van der Waals surface area contributed by atoms with Crippen molar-refractivity contribution in [3.63, 3.8) is 0 Å². The maximum absolute atomic E-state index is 3.45. The Hall–Kier alpha value is -0.0800. The van der Waals surface area contributed by atoms with Gasteiger partial charge in [-0.2, -0.15) is 0 Å². The van der Waals surface area contributed by atoms with Crippen molar-refractivity contribution < 1.29 is 0 Å². The number of hydrogen-bond donors (Lipinski definition) is 1. The fourth-order valence-electron chi connectivity index (χ4n) is 3.00. The molecule has 2 heterocycles. The van der Waals surface area contributed by atoms with Crippen LogP contribution < -0.4 is 5.32 Å². The van der Waals surface area contributed by atoms with E-state index in [1.165, 1.54) is 52.0 Å². The van der Waals surface area contributed by atoms with Crippen molar-refractivity contribution in [3.8, 4) is 0 Å². The van der Waals surface area contributed by atoms with Gasteiger partial charge < -0.3 is 10.2 Å². The fraction of sp³-hybridized carbons (Fsp3) is 1.00. The van der Waals surface area contributed by atoms with Gasteiger partial charge in [-0.05, 0) is 56.7 Å². The lowest BCUT2D eigenvalue weighted by molar-refractivity contribution is 0.228. The third kappa shape index (κ3) is 3.18. The minimum absolute atomic E-state index is 0.878. The standard InChI is InChI=1S/C13H26N2/c1-11(2)13-5-8-15(10-13)9-12-3-6-14-7-4-12/h11-14H,3-10H2,1-2H3/t13-/m0/s1. The van der Waals surface area contributed by atoms with E-state index in [1.807, 2.05) is 0 Å². The Labute approximate surface area is 94.4 Å². The molecule has 0 amide bonds. The van der Waals surface area contributed by atoms with Gasteiger partial charge in [0.15, 0.2) is 0 Å². The van der Waals surface area contributed by atoms with Gasteiger partial charge in [0.2, 0.25) is 0 Å². The molecule has 2 aliphatic rings. The van der Waals surface area contributed by atoms with Gasteiger partial charge in [-0.25, -0.2) is 0 Å². The molecular formula is C13H26N2. The van der Waals surface area contributed by atoms with Crippen molar-refractivity contribution in [3.05, 3.63) is 0 Å². The van der Waals surface area contributed by atoms with Crippen LogP contribution >= 0.6 is 0 Å². The molecule has 2 rings (SSSR count). The minimum Gasteiger partial charge on any atom is -0.317 e. The Kier molecular flexibility index (Phi) is 4.04. The molecule has 2 nitrogen and oxygen atoms in total. The molecule has 1 atom stereocenters. The molecule has 0 aliphatic carbocycles. The van der Waals surface area contributed by atoms with Crippen molar-refractivity contribution >= 4 is 0 Å². The van der Waals surface area contributed by atoms with Gasteiger partial charge in [-0.15, -0.1) is 0 Å². The molecule has 0 aromatic carbocycles. The summed E-state index contributed by atoms with van der Waals surface area (Å²) in [6.45, 7) is 11.3. The molecule has 0 spiro atoms. The highest BCUT2D eigenvalue weighted by Gasteiger charge is 2.26. The smallest absolute Gasteiger partial charge is 0.00127 e. The summed E-state index contributed by atoms with van der Waals surface area (Å²) >= 11 is 0. The average molecular weight is 210 g/mol. The quantitative estimate of drug-likeness (QED) is 0.766. The Morgan fingerprint density at radius 3 is 2.53 bits per heavy atom. The molecule has 1 N–H and O–H groups in total. The number of nitrogens with one attached hydrogen (secondary N) is 1. The molecule has 0 aromatic rings. The van der Waals surface area contributed by atoms with E-state index in [9.17, 15) is 0 Å². The summed E-state index contributed by atoms with van der Waals surface area (Å²) in [5, 5.41) is 3.45. The lowest BCUT2D eigenvalue weighted by atomic mass is 9.95. The van der Waals surface area contributed by atoms with Crippen molar-refractivity contribution in [2.24, 2.45) is 17.8 Å². The molecule has 2 saturated heterocycles. The van der Waals surface area contributed by atoms with Gasteiger partial charge in [0.25, 0.3) is 0 Å². The van der Waals surface area contributed by atoms with Gasteiger partial charge >= 0.3 is 0 Å². The summed E-state index contributed by atoms with van der Waals surface area (Å²) in [4.78, 5) is 2.71. The highest BCUT2D eigenvalue weighted by atomic mass is 15.1. The Balaban J connectivity index is 1.71. The highest BCUT2D eigenvalue weighted by Crippen LogP contribution is 2.25. The normalized spacial score (nSPS) is 30.2. The average Bonchev–Trinajstić information content (AvgIpc) is 2.68. The molecule has 15 heavy (non-hydrogen) atoms. The Bertz CT molecular complexity index is 185. The number of nitrogens with zero attached hydrogens (tertiary/aromatic N) is 1. The molecule has 0 radical (unpaired) electrons. The first-order chi connectivity index (χ1) is 7.25. The topological polar surface area (TPSA) is 15.3 Å². The zero-order valence-corrected chi connectivity index (χ0v) is 10.3. The van der Waals surface area contributed by atoms with E-state index in [0.717, 1.165) is 17.8 Å². The van der Waals surface area contributed by atoms with Crippen LogP contribution in [0.15, 0.2) is 0 Å². The lowest BCUT2D eigenvalue weighted by Crippen LogP contribution is -2.35. The molecule has 0 unspecified atom stereocenters. The fourth-order valence-corrected chi connectivity index (χ4v) is 3.00. The first kappa shape index (κ1) is 11.4. The predicted molar refractivity (Wildman–Crippen MR) is 65.0 cm³/mol. The Morgan fingerprint density at radius 2 is 1.93 bits per heavy atom. The molecule has 0 aromatic heterocycles. The summed E-state index contributed by atoms with van der Waals surface area (Å²) in [6.07, 6.45) is 4.22. The molecule has 88 valence electrons. The van der Waals surface area contributed by atoms with Gasteiger partial charge in [0.05, 0.1) is 0 Å². The molecule has 2 fully saturated rings. The van der Waals surface area contributed by atoms with E-state index >= 15 is 0 Å². The summed E-state index contributed by atoms with van der Waals surface area (Å²) < 4.78 is 0. The van der Waals surface area contributed by atoms with Gasteiger partial charge in [-0.3, -0.25) is 0 Å². The molecular weight excluding hydrogens is 184 g/mol. The van der Waals surface area contributed by atoms with Crippen molar-refractivity contribution in [1.29, 1.82) is 0 Å². The van der Waals surface area contributed by atoms with Gasteiger partial charge in [0, 0.05) is 13.1 Å². The van der Waals surface area contributed by atoms with E-state index in [-0.39, 0.29) is 0 Å². The number of rotatable bonds is 3. The van der Waals surface area contributed by atoms with Crippen LogP contribution in [0.1, 0.15) is 33.1 Å². The summed E-state index contributed by atoms with van der Waals surface area (Å²) in [5.74, 6) is 2.81. The van der Waals surface area contributed by atoms with Crippen LogP contribution in [0.3, 0.4) is 0 Å². The molecule has 0 saturated carbocycles. The van der Waals surface area contributed by atoms with Gasteiger partial charge in [0.1, 0.15) is 0 Å².